The molecule has 0 aliphatic carbocycles. The second kappa shape index (κ2) is 7.10. The van der Waals surface area contributed by atoms with Gasteiger partial charge in [0.15, 0.2) is 0 Å². The number of anilines is 2. The number of nitrogens with zero attached hydrogens (tertiary/aromatic N) is 1. The number of hydrogen-bond acceptors (Lipinski definition) is 4. The van der Waals surface area contributed by atoms with Crippen molar-refractivity contribution in [1.82, 2.24) is 5.32 Å². The van der Waals surface area contributed by atoms with Gasteiger partial charge in [0.05, 0.1) is 18.0 Å². The van der Waals surface area contributed by atoms with E-state index in [9.17, 15) is 17.6 Å². The average molecular weight is 365 g/mol. The van der Waals surface area contributed by atoms with Gasteiger partial charge in [-0.25, -0.2) is 12.8 Å². The van der Waals surface area contributed by atoms with Crippen LogP contribution in [-0.4, -0.2) is 27.6 Å². The van der Waals surface area contributed by atoms with Crippen LogP contribution in [0.5, 0.6) is 0 Å². The van der Waals surface area contributed by atoms with E-state index in [1.807, 2.05) is 0 Å². The minimum absolute atomic E-state index is 0.236. The van der Waals surface area contributed by atoms with Crippen LogP contribution >= 0.6 is 0 Å². The molecule has 134 valence electrons. The van der Waals surface area contributed by atoms with E-state index >= 15 is 0 Å². The molecule has 25 heavy (non-hydrogen) atoms. The molecule has 0 radical (unpaired) electrons. The molecule has 0 aliphatic heterocycles. The molecule has 0 unspecified atom stereocenters. The van der Waals surface area contributed by atoms with Gasteiger partial charge in [-0.15, -0.1) is 0 Å². The van der Waals surface area contributed by atoms with Gasteiger partial charge in [-0.3, -0.25) is 9.10 Å². The third kappa shape index (κ3) is 4.69. The van der Waals surface area contributed by atoms with E-state index < -0.39 is 15.9 Å². The Morgan fingerprint density at radius 1 is 1.20 bits per heavy atom. The van der Waals surface area contributed by atoms with Crippen molar-refractivity contribution in [1.29, 1.82) is 0 Å². The summed E-state index contributed by atoms with van der Waals surface area (Å²) in [6.07, 6.45) is 1.06. The summed E-state index contributed by atoms with van der Waals surface area (Å²) in [5, 5.41) is 2.78. The standard InChI is InChI=1S/C17H20FN3O3S/c1-11(12-4-6-14(18)7-5-12)20-17(22)13-8-15(19)10-16(9-13)21(2)25(3,23)24/h4-11H,19H2,1-3H3,(H,20,22)/t11-/m1/s1. The Hall–Kier alpha value is -2.61. The third-order valence-corrected chi connectivity index (χ3v) is 4.99. The van der Waals surface area contributed by atoms with Crippen LogP contribution in [0, 0.1) is 5.82 Å². The van der Waals surface area contributed by atoms with Gasteiger partial charge in [-0.1, -0.05) is 12.1 Å². The molecule has 0 aliphatic rings. The number of amides is 1. The number of benzene rings is 2. The normalized spacial score (nSPS) is 12.5. The molecule has 0 heterocycles. The monoisotopic (exact) mass is 365 g/mol. The first-order chi connectivity index (χ1) is 11.6. The van der Waals surface area contributed by atoms with Crippen molar-refractivity contribution >= 4 is 27.3 Å². The Labute approximate surface area is 146 Å². The van der Waals surface area contributed by atoms with Crippen LogP contribution in [-0.2, 0) is 10.0 Å². The number of rotatable bonds is 5. The number of nitrogen functional groups attached to an aromatic ring is 1. The molecule has 2 aromatic carbocycles. The van der Waals surface area contributed by atoms with Crippen LogP contribution in [0.15, 0.2) is 42.5 Å². The summed E-state index contributed by atoms with van der Waals surface area (Å²) in [6.45, 7) is 1.76. The van der Waals surface area contributed by atoms with Crippen LogP contribution in [0.3, 0.4) is 0 Å². The number of sulfonamides is 1. The van der Waals surface area contributed by atoms with E-state index in [2.05, 4.69) is 5.32 Å². The van der Waals surface area contributed by atoms with Crippen LogP contribution in [0.4, 0.5) is 15.8 Å². The molecule has 0 fully saturated rings. The molecule has 0 saturated heterocycles. The maximum absolute atomic E-state index is 13.0. The largest absolute Gasteiger partial charge is 0.399 e. The van der Waals surface area contributed by atoms with Crippen molar-refractivity contribution in [2.45, 2.75) is 13.0 Å². The summed E-state index contributed by atoms with van der Waals surface area (Å²) in [7, 11) is -2.09. The van der Waals surface area contributed by atoms with E-state index in [1.165, 1.54) is 37.4 Å². The first-order valence-electron chi connectivity index (χ1n) is 7.48. The highest BCUT2D eigenvalue weighted by atomic mass is 32.2. The zero-order valence-electron chi connectivity index (χ0n) is 14.2. The molecule has 3 N–H and O–H groups in total. The van der Waals surface area contributed by atoms with Gasteiger partial charge in [0.25, 0.3) is 5.91 Å². The SMILES string of the molecule is C[C@@H](NC(=O)c1cc(N)cc(N(C)S(C)(=O)=O)c1)c1ccc(F)cc1. The fourth-order valence-corrected chi connectivity index (χ4v) is 2.74. The molecule has 1 atom stereocenters. The van der Waals surface area contributed by atoms with Gasteiger partial charge in [-0.05, 0) is 42.8 Å². The number of carbonyl (C=O) groups excluding carboxylic acids is 1. The highest BCUT2D eigenvalue weighted by Crippen LogP contribution is 2.22. The Morgan fingerprint density at radius 2 is 1.80 bits per heavy atom. The van der Waals surface area contributed by atoms with Gasteiger partial charge in [0, 0.05) is 18.3 Å². The second-order valence-electron chi connectivity index (χ2n) is 5.79. The summed E-state index contributed by atoms with van der Waals surface area (Å²) in [4.78, 5) is 12.5. The molecule has 0 spiro atoms. The van der Waals surface area contributed by atoms with Crippen molar-refractivity contribution in [2.75, 3.05) is 23.3 Å². The second-order valence-corrected chi connectivity index (χ2v) is 7.80. The van der Waals surface area contributed by atoms with Crippen molar-refractivity contribution in [3.05, 3.63) is 59.4 Å². The molecule has 6 nitrogen and oxygen atoms in total. The maximum atomic E-state index is 13.0. The fourth-order valence-electron chi connectivity index (χ4n) is 2.25. The Bertz CT molecular complexity index is 883. The zero-order chi connectivity index (χ0) is 18.8. The number of nitrogens with one attached hydrogen (secondary N) is 1. The predicted molar refractivity (Wildman–Crippen MR) is 96.4 cm³/mol. The molecular weight excluding hydrogens is 345 g/mol. The molecule has 8 heteroatoms. The lowest BCUT2D eigenvalue weighted by atomic mass is 10.1. The maximum Gasteiger partial charge on any atom is 0.251 e. The average Bonchev–Trinajstić information content (AvgIpc) is 2.53. The Kier molecular flexibility index (Phi) is 5.32. The predicted octanol–water partition coefficient (Wildman–Crippen LogP) is 2.29. The lowest BCUT2D eigenvalue weighted by Gasteiger charge is -2.19. The summed E-state index contributed by atoms with van der Waals surface area (Å²) >= 11 is 0. The molecule has 0 aromatic heterocycles. The van der Waals surface area contributed by atoms with Gasteiger partial charge in [0.2, 0.25) is 10.0 Å². The van der Waals surface area contributed by atoms with Gasteiger partial charge >= 0.3 is 0 Å². The summed E-state index contributed by atoms with van der Waals surface area (Å²) in [5.41, 5.74) is 7.34. The summed E-state index contributed by atoms with van der Waals surface area (Å²) in [5.74, 6) is -0.765. The van der Waals surface area contributed by atoms with Crippen molar-refractivity contribution in [3.63, 3.8) is 0 Å². The summed E-state index contributed by atoms with van der Waals surface area (Å²) in [6, 6.07) is 9.84. The van der Waals surface area contributed by atoms with Crippen LogP contribution in [0.1, 0.15) is 28.9 Å². The molecular formula is C17H20FN3O3S. The van der Waals surface area contributed by atoms with E-state index in [0.717, 1.165) is 16.1 Å². The van der Waals surface area contributed by atoms with Crippen LogP contribution < -0.4 is 15.4 Å². The highest BCUT2D eigenvalue weighted by molar-refractivity contribution is 7.92. The van der Waals surface area contributed by atoms with Gasteiger partial charge in [-0.2, -0.15) is 0 Å². The van der Waals surface area contributed by atoms with Gasteiger partial charge in [0.1, 0.15) is 5.82 Å². The van der Waals surface area contributed by atoms with E-state index in [4.69, 9.17) is 5.73 Å². The van der Waals surface area contributed by atoms with Crippen molar-refractivity contribution < 1.29 is 17.6 Å². The molecule has 2 aromatic rings. The smallest absolute Gasteiger partial charge is 0.251 e. The van der Waals surface area contributed by atoms with E-state index in [0.29, 0.717) is 5.69 Å². The number of nitrogens with two attached hydrogens (primary N) is 1. The minimum Gasteiger partial charge on any atom is -0.399 e. The fraction of sp³-hybridized carbons (Fsp3) is 0.235. The van der Waals surface area contributed by atoms with Crippen molar-refractivity contribution in [2.24, 2.45) is 0 Å². The molecule has 0 bridgehead atoms. The summed E-state index contributed by atoms with van der Waals surface area (Å²) < 4.78 is 37.4. The Morgan fingerprint density at radius 3 is 2.36 bits per heavy atom. The van der Waals surface area contributed by atoms with E-state index in [1.54, 1.807) is 19.1 Å². The number of carbonyl (C=O) groups is 1. The molecule has 1 amide bonds. The van der Waals surface area contributed by atoms with E-state index in [-0.39, 0.29) is 23.1 Å². The number of halogens is 1. The highest BCUT2D eigenvalue weighted by Gasteiger charge is 2.17. The topological polar surface area (TPSA) is 92.5 Å². The molecule has 2 rings (SSSR count). The lowest BCUT2D eigenvalue weighted by Crippen LogP contribution is -2.28. The minimum atomic E-state index is -3.47. The van der Waals surface area contributed by atoms with Gasteiger partial charge < -0.3 is 11.1 Å². The van der Waals surface area contributed by atoms with Crippen molar-refractivity contribution in [3.8, 4) is 0 Å². The van der Waals surface area contributed by atoms with Crippen LogP contribution in [0.2, 0.25) is 0 Å². The van der Waals surface area contributed by atoms with Crippen LogP contribution in [0.25, 0.3) is 0 Å². The Balaban J connectivity index is 2.24. The lowest BCUT2D eigenvalue weighted by molar-refractivity contribution is 0.0940. The quantitative estimate of drug-likeness (QED) is 0.795. The first kappa shape index (κ1) is 18.7. The zero-order valence-corrected chi connectivity index (χ0v) is 15.0. The molecule has 0 saturated carbocycles. The third-order valence-electron chi connectivity index (χ3n) is 3.78. The number of hydrogen-bond donors (Lipinski definition) is 2. The first-order valence-corrected chi connectivity index (χ1v) is 9.33.